The molecule has 1 aromatic carbocycles. The molecule has 0 saturated carbocycles. The van der Waals surface area contributed by atoms with Gasteiger partial charge in [-0.05, 0) is 57.2 Å². The van der Waals surface area contributed by atoms with Gasteiger partial charge in [-0.25, -0.2) is 0 Å². The van der Waals surface area contributed by atoms with Crippen LogP contribution in [0.4, 0.5) is 0 Å². The Hall–Kier alpha value is -3.53. The molecule has 1 fully saturated rings. The number of benzene rings is 1. The second-order valence-electron chi connectivity index (χ2n) is 10.5. The van der Waals surface area contributed by atoms with E-state index in [2.05, 4.69) is 26.1 Å². The summed E-state index contributed by atoms with van der Waals surface area (Å²) in [5.74, 6) is -1.04. The minimum absolute atomic E-state index is 0.117. The van der Waals surface area contributed by atoms with E-state index in [9.17, 15) is 19.2 Å². The molecule has 3 rings (SSSR count). The van der Waals surface area contributed by atoms with E-state index < -0.39 is 18.1 Å². The molecule has 1 aromatic heterocycles. The highest BCUT2D eigenvalue weighted by molar-refractivity contribution is 5.95. The first-order valence-electron chi connectivity index (χ1n) is 13.3. The number of amides is 3. The van der Waals surface area contributed by atoms with E-state index in [0.717, 1.165) is 5.56 Å². The lowest BCUT2D eigenvalue weighted by atomic mass is 9.97. The predicted molar refractivity (Wildman–Crippen MR) is 144 cm³/mol. The highest BCUT2D eigenvalue weighted by Gasteiger charge is 2.43. The number of carbonyl (C=O) groups excluding carboxylic acids is 4. The number of aromatic amines is 1. The molecule has 3 amide bonds. The van der Waals surface area contributed by atoms with E-state index in [4.69, 9.17) is 0 Å². The van der Waals surface area contributed by atoms with Crippen LogP contribution in [0.3, 0.4) is 0 Å². The van der Waals surface area contributed by atoms with Gasteiger partial charge in [-0.2, -0.15) is 5.10 Å². The van der Waals surface area contributed by atoms with Crippen molar-refractivity contribution in [3.8, 4) is 0 Å². The Labute approximate surface area is 224 Å². The maximum Gasteiger partial charge on any atom is 0.245 e. The van der Waals surface area contributed by atoms with E-state index in [1.807, 2.05) is 51.1 Å². The summed E-state index contributed by atoms with van der Waals surface area (Å²) in [6.07, 6.45) is 2.49. The molecule has 5 atom stereocenters. The first kappa shape index (κ1) is 29.0. The molecule has 4 N–H and O–H groups in total. The van der Waals surface area contributed by atoms with Crippen LogP contribution in [0, 0.1) is 11.8 Å². The standard InChI is InChI=1S/C28H40N6O4/c1-17(2)13-23(32-26(36)19(4)29-5)28(38)34-16-20(15-25(35)22-11-12-30-33-22)14-24(34)27(37)31-18(3)21-9-7-6-8-10-21/h6-12,17-20,23-24,29H,13-16H2,1-5H3,(H,30,33)(H,31,37)(H,32,36)/t18-,19+,20-,23+,24+/m1/s1. The topological polar surface area (TPSA) is 136 Å². The smallest absolute Gasteiger partial charge is 0.245 e. The van der Waals surface area contributed by atoms with E-state index in [1.165, 1.54) is 6.20 Å². The van der Waals surface area contributed by atoms with Crippen molar-refractivity contribution >= 4 is 23.5 Å². The van der Waals surface area contributed by atoms with Crippen LogP contribution in [0.15, 0.2) is 42.6 Å². The molecule has 0 unspecified atom stereocenters. The highest BCUT2D eigenvalue weighted by Crippen LogP contribution is 2.29. The van der Waals surface area contributed by atoms with Crippen LogP contribution in [0.25, 0.3) is 0 Å². The Morgan fingerprint density at radius 2 is 1.76 bits per heavy atom. The van der Waals surface area contributed by atoms with Gasteiger partial charge in [-0.3, -0.25) is 24.3 Å². The first-order valence-corrected chi connectivity index (χ1v) is 13.3. The quantitative estimate of drug-likeness (QED) is 0.314. The van der Waals surface area contributed by atoms with Gasteiger partial charge in [-0.1, -0.05) is 44.2 Å². The molecule has 1 saturated heterocycles. The minimum atomic E-state index is -0.776. The zero-order valence-electron chi connectivity index (χ0n) is 22.9. The molecule has 206 valence electrons. The SMILES string of the molecule is CN[C@@H](C)C(=O)N[C@@H](CC(C)C)C(=O)N1C[C@@H](CC(=O)c2ccn[nH]2)C[C@H]1C(=O)N[C@H](C)c1ccccc1. The van der Waals surface area contributed by atoms with Crippen molar-refractivity contribution in [2.75, 3.05) is 13.6 Å². The molecule has 10 nitrogen and oxygen atoms in total. The van der Waals surface area contributed by atoms with Crippen LogP contribution in [0.5, 0.6) is 0 Å². The van der Waals surface area contributed by atoms with E-state index >= 15 is 0 Å². The summed E-state index contributed by atoms with van der Waals surface area (Å²) in [6, 6.07) is 8.96. The van der Waals surface area contributed by atoms with Crippen molar-refractivity contribution in [3.63, 3.8) is 0 Å². The molecule has 1 aliphatic heterocycles. The average molecular weight is 525 g/mol. The maximum atomic E-state index is 13.9. The zero-order chi connectivity index (χ0) is 27.8. The van der Waals surface area contributed by atoms with Gasteiger partial charge < -0.3 is 20.9 Å². The number of hydrogen-bond donors (Lipinski definition) is 4. The summed E-state index contributed by atoms with van der Waals surface area (Å²) in [5, 5.41) is 15.3. The number of nitrogens with zero attached hydrogens (tertiary/aromatic N) is 2. The van der Waals surface area contributed by atoms with Gasteiger partial charge in [0.05, 0.1) is 12.1 Å². The number of nitrogens with one attached hydrogen (secondary N) is 4. The van der Waals surface area contributed by atoms with Crippen LogP contribution in [-0.2, 0) is 14.4 Å². The summed E-state index contributed by atoms with van der Waals surface area (Å²) < 4.78 is 0. The molecule has 2 aromatic rings. The molecular weight excluding hydrogens is 484 g/mol. The van der Waals surface area contributed by atoms with Crippen molar-refractivity contribution < 1.29 is 19.2 Å². The predicted octanol–water partition coefficient (Wildman–Crippen LogP) is 2.22. The Balaban J connectivity index is 1.82. The van der Waals surface area contributed by atoms with E-state index in [-0.39, 0.29) is 54.3 Å². The van der Waals surface area contributed by atoms with Crippen LogP contribution < -0.4 is 16.0 Å². The number of likely N-dealkylation sites (N-methyl/N-ethyl adjacent to an activating group) is 1. The Bertz CT molecular complexity index is 1090. The molecule has 10 heteroatoms. The number of aromatic nitrogens is 2. The van der Waals surface area contributed by atoms with Crippen molar-refractivity contribution in [1.82, 2.24) is 31.0 Å². The number of ketones is 1. The lowest BCUT2D eigenvalue weighted by Crippen LogP contribution is -2.56. The largest absolute Gasteiger partial charge is 0.348 e. The fourth-order valence-corrected chi connectivity index (χ4v) is 4.80. The molecule has 0 radical (unpaired) electrons. The van der Waals surface area contributed by atoms with Crippen molar-refractivity contribution in [2.45, 2.75) is 71.1 Å². The third-order valence-corrected chi connectivity index (χ3v) is 7.05. The number of likely N-dealkylation sites (tertiary alicyclic amines) is 1. The van der Waals surface area contributed by atoms with Crippen molar-refractivity contribution in [2.24, 2.45) is 11.8 Å². The first-order chi connectivity index (χ1) is 18.1. The van der Waals surface area contributed by atoms with Gasteiger partial charge in [0.25, 0.3) is 0 Å². The van der Waals surface area contributed by atoms with Crippen molar-refractivity contribution in [1.29, 1.82) is 0 Å². The highest BCUT2D eigenvalue weighted by atomic mass is 16.2. The van der Waals surface area contributed by atoms with Gasteiger partial charge in [0.1, 0.15) is 17.8 Å². The van der Waals surface area contributed by atoms with Gasteiger partial charge in [-0.15, -0.1) is 0 Å². The van der Waals surface area contributed by atoms with Crippen LogP contribution in [0.2, 0.25) is 0 Å². The average Bonchev–Trinajstić information content (AvgIpc) is 3.58. The second-order valence-corrected chi connectivity index (χ2v) is 10.5. The lowest BCUT2D eigenvalue weighted by molar-refractivity contribution is -0.142. The van der Waals surface area contributed by atoms with Gasteiger partial charge >= 0.3 is 0 Å². The number of Topliss-reactive ketones (excluding diaryl/α,β-unsaturated/α-hetero) is 1. The van der Waals surface area contributed by atoms with E-state index in [0.29, 0.717) is 18.5 Å². The number of H-pyrrole nitrogens is 1. The third-order valence-electron chi connectivity index (χ3n) is 7.05. The second kappa shape index (κ2) is 13.3. The molecule has 0 aliphatic carbocycles. The summed E-state index contributed by atoms with van der Waals surface area (Å²) in [5.41, 5.74) is 1.35. The molecule has 38 heavy (non-hydrogen) atoms. The van der Waals surface area contributed by atoms with Gasteiger partial charge in [0.15, 0.2) is 5.78 Å². The fraction of sp³-hybridized carbons (Fsp3) is 0.536. The Morgan fingerprint density at radius 1 is 1.05 bits per heavy atom. The maximum absolute atomic E-state index is 13.9. The van der Waals surface area contributed by atoms with Crippen LogP contribution >= 0.6 is 0 Å². The minimum Gasteiger partial charge on any atom is -0.348 e. The summed E-state index contributed by atoms with van der Waals surface area (Å²) in [4.78, 5) is 54.4. The fourth-order valence-electron chi connectivity index (χ4n) is 4.80. The summed E-state index contributed by atoms with van der Waals surface area (Å²) >= 11 is 0. The Kier molecular flexibility index (Phi) is 10.2. The monoisotopic (exact) mass is 524 g/mol. The number of rotatable bonds is 12. The van der Waals surface area contributed by atoms with Crippen LogP contribution in [0.1, 0.15) is 69.1 Å². The summed E-state index contributed by atoms with van der Waals surface area (Å²) in [6.45, 7) is 7.84. The van der Waals surface area contributed by atoms with E-state index in [1.54, 1.807) is 24.9 Å². The van der Waals surface area contributed by atoms with Crippen LogP contribution in [-0.4, -0.2) is 70.3 Å². The Morgan fingerprint density at radius 3 is 2.37 bits per heavy atom. The molecule has 2 heterocycles. The number of carbonyl (C=O) groups is 4. The summed E-state index contributed by atoms with van der Waals surface area (Å²) in [7, 11) is 1.68. The van der Waals surface area contributed by atoms with Crippen molar-refractivity contribution in [3.05, 3.63) is 53.9 Å². The molecule has 0 spiro atoms. The molecule has 0 bridgehead atoms. The zero-order valence-corrected chi connectivity index (χ0v) is 22.9. The molecular formula is C28H40N6O4. The third kappa shape index (κ3) is 7.50. The van der Waals surface area contributed by atoms with Gasteiger partial charge in [0.2, 0.25) is 17.7 Å². The normalized spacial score (nSPS) is 19.6. The number of hydrogen-bond acceptors (Lipinski definition) is 6. The molecule has 1 aliphatic rings. The van der Waals surface area contributed by atoms with Gasteiger partial charge in [0, 0.05) is 19.2 Å². The lowest BCUT2D eigenvalue weighted by Gasteiger charge is -2.30.